The lowest BCUT2D eigenvalue weighted by atomic mass is 10.1. The summed E-state index contributed by atoms with van der Waals surface area (Å²) in [4.78, 5) is 26.2. The minimum Gasteiger partial charge on any atom is -0.461 e. The Morgan fingerprint density at radius 2 is 1.83 bits per heavy atom. The third-order valence-electron chi connectivity index (χ3n) is 4.51. The van der Waals surface area contributed by atoms with E-state index in [0.717, 1.165) is 15.6 Å². The summed E-state index contributed by atoms with van der Waals surface area (Å²) in [5.74, 6) is -1.09. The summed E-state index contributed by atoms with van der Waals surface area (Å²) >= 11 is 0. The lowest BCUT2D eigenvalue weighted by molar-refractivity contribution is -0.116. The summed E-state index contributed by atoms with van der Waals surface area (Å²) in [5.41, 5.74) is 2.69. The van der Waals surface area contributed by atoms with Crippen molar-refractivity contribution in [3.63, 3.8) is 0 Å². The van der Waals surface area contributed by atoms with Gasteiger partial charge in [-0.05, 0) is 37.6 Å². The van der Waals surface area contributed by atoms with E-state index in [1.165, 1.54) is 23.9 Å². The van der Waals surface area contributed by atoms with Gasteiger partial charge in [0.1, 0.15) is 10.6 Å². The summed E-state index contributed by atoms with van der Waals surface area (Å²) in [7, 11) is 2.70. The van der Waals surface area contributed by atoms with Crippen molar-refractivity contribution in [2.45, 2.75) is 18.7 Å². The molecule has 0 aliphatic heterocycles. The van der Waals surface area contributed by atoms with E-state index in [4.69, 9.17) is 4.74 Å². The molecule has 0 unspecified atom stereocenters. The Morgan fingerprint density at radius 3 is 2.43 bits per heavy atom. The number of hydrogen-bond acceptors (Lipinski definition) is 6. The Labute approximate surface area is 177 Å². The van der Waals surface area contributed by atoms with Gasteiger partial charge in [0, 0.05) is 45.8 Å². The summed E-state index contributed by atoms with van der Waals surface area (Å²) in [6, 6.07) is 6.71. The van der Waals surface area contributed by atoms with Gasteiger partial charge in [-0.1, -0.05) is 6.07 Å². The van der Waals surface area contributed by atoms with Gasteiger partial charge in [-0.25, -0.2) is 13.2 Å². The molecule has 0 saturated heterocycles. The van der Waals surface area contributed by atoms with E-state index in [1.807, 2.05) is 38.1 Å². The average molecular weight is 437 g/mol. The fourth-order valence-corrected chi connectivity index (χ4v) is 4.12. The van der Waals surface area contributed by atoms with Crippen LogP contribution >= 0.6 is 0 Å². The van der Waals surface area contributed by atoms with Crippen LogP contribution in [-0.4, -0.2) is 63.5 Å². The Kier molecular flexibility index (Phi) is 7.27. The number of carbonyl (C=O) groups is 2. The molecular weight excluding hydrogens is 408 g/mol. The summed E-state index contributed by atoms with van der Waals surface area (Å²) < 4.78 is 32.9. The average Bonchev–Trinajstić information content (AvgIpc) is 3.05. The highest BCUT2D eigenvalue weighted by Gasteiger charge is 2.26. The molecule has 2 aromatic rings. The third-order valence-corrected chi connectivity index (χ3v) is 6.28. The quantitative estimate of drug-likeness (QED) is 0.634. The van der Waals surface area contributed by atoms with Crippen LogP contribution in [0.2, 0.25) is 0 Å². The number of sulfonamides is 1. The highest BCUT2D eigenvalue weighted by atomic mass is 32.2. The molecule has 1 N–H and O–H groups in total. The molecule has 1 aromatic heterocycles. The Morgan fingerprint density at radius 1 is 1.17 bits per heavy atom. The van der Waals surface area contributed by atoms with Crippen LogP contribution in [0.15, 0.2) is 35.4 Å². The van der Waals surface area contributed by atoms with Gasteiger partial charge < -0.3 is 19.5 Å². The van der Waals surface area contributed by atoms with E-state index in [0.29, 0.717) is 5.69 Å². The van der Waals surface area contributed by atoms with Crippen LogP contribution in [0.5, 0.6) is 0 Å². The fourth-order valence-electron chi connectivity index (χ4n) is 2.92. The maximum atomic E-state index is 12.8. The fraction of sp³-hybridized carbons (Fsp3) is 0.400. The Balaban J connectivity index is 2.14. The van der Waals surface area contributed by atoms with Crippen molar-refractivity contribution in [2.24, 2.45) is 7.05 Å². The smallest absolute Gasteiger partial charge is 0.354 e. The van der Waals surface area contributed by atoms with Crippen molar-refractivity contribution in [1.29, 1.82) is 0 Å². The molecule has 1 aromatic carbocycles. The van der Waals surface area contributed by atoms with E-state index in [2.05, 4.69) is 5.32 Å². The molecule has 0 radical (unpaired) electrons. The van der Waals surface area contributed by atoms with Gasteiger partial charge in [0.05, 0.1) is 13.2 Å². The van der Waals surface area contributed by atoms with Gasteiger partial charge in [-0.2, -0.15) is 4.31 Å². The molecule has 1 amide bonds. The SMILES string of the molecule is CCOC(=O)c1cc(S(=O)(=O)N(C)CC(=O)Nc2ccc(C)c(N(C)C)c2)cn1C. The number of aromatic nitrogens is 1. The minimum atomic E-state index is -3.97. The van der Waals surface area contributed by atoms with Crippen molar-refractivity contribution < 1.29 is 22.7 Å². The van der Waals surface area contributed by atoms with Crippen molar-refractivity contribution in [1.82, 2.24) is 8.87 Å². The van der Waals surface area contributed by atoms with Crippen molar-refractivity contribution in [2.75, 3.05) is 44.5 Å². The van der Waals surface area contributed by atoms with Crippen LogP contribution < -0.4 is 10.2 Å². The molecule has 2 rings (SSSR count). The molecule has 9 nitrogen and oxygen atoms in total. The van der Waals surface area contributed by atoms with Crippen LogP contribution in [0.1, 0.15) is 23.0 Å². The molecule has 0 atom stereocenters. The van der Waals surface area contributed by atoms with Crippen LogP contribution in [0.3, 0.4) is 0 Å². The molecular formula is C20H28N4O5S. The predicted molar refractivity (Wildman–Crippen MR) is 115 cm³/mol. The second-order valence-corrected chi connectivity index (χ2v) is 9.14. The van der Waals surface area contributed by atoms with E-state index >= 15 is 0 Å². The molecule has 10 heteroatoms. The second kappa shape index (κ2) is 9.31. The number of hydrogen-bond donors (Lipinski definition) is 1. The molecule has 0 fully saturated rings. The molecule has 0 aliphatic carbocycles. The lowest BCUT2D eigenvalue weighted by Crippen LogP contribution is -2.34. The maximum absolute atomic E-state index is 12.8. The maximum Gasteiger partial charge on any atom is 0.354 e. The Bertz CT molecular complexity index is 1040. The van der Waals surface area contributed by atoms with E-state index < -0.39 is 21.9 Å². The summed E-state index contributed by atoms with van der Waals surface area (Å²) in [6.07, 6.45) is 1.32. The molecule has 0 spiro atoms. The topological polar surface area (TPSA) is 101 Å². The number of likely N-dealkylation sites (N-methyl/N-ethyl adjacent to an activating group) is 1. The third kappa shape index (κ3) is 5.19. The summed E-state index contributed by atoms with van der Waals surface area (Å²) in [5, 5.41) is 2.72. The van der Waals surface area contributed by atoms with Gasteiger partial charge in [0.15, 0.2) is 0 Å². The number of nitrogens with zero attached hydrogens (tertiary/aromatic N) is 3. The largest absolute Gasteiger partial charge is 0.461 e. The van der Waals surface area contributed by atoms with E-state index in [-0.39, 0.29) is 23.7 Å². The van der Waals surface area contributed by atoms with Gasteiger partial charge in [0.25, 0.3) is 0 Å². The minimum absolute atomic E-state index is 0.0893. The first-order chi connectivity index (χ1) is 14.0. The molecule has 0 bridgehead atoms. The second-order valence-electron chi connectivity index (χ2n) is 7.10. The van der Waals surface area contributed by atoms with Crippen LogP contribution in [0.25, 0.3) is 0 Å². The highest BCUT2D eigenvalue weighted by Crippen LogP contribution is 2.23. The first-order valence-corrected chi connectivity index (χ1v) is 10.8. The molecule has 30 heavy (non-hydrogen) atoms. The van der Waals surface area contributed by atoms with Crippen molar-refractivity contribution in [3.05, 3.63) is 41.7 Å². The number of anilines is 2. The van der Waals surface area contributed by atoms with Crippen LogP contribution in [-0.2, 0) is 26.6 Å². The zero-order valence-electron chi connectivity index (χ0n) is 18.1. The first kappa shape index (κ1) is 23.4. The van der Waals surface area contributed by atoms with Crippen LogP contribution in [0.4, 0.5) is 11.4 Å². The first-order valence-electron chi connectivity index (χ1n) is 9.35. The molecule has 0 aliphatic rings. The van der Waals surface area contributed by atoms with Gasteiger partial charge in [-0.3, -0.25) is 4.79 Å². The number of carbonyl (C=O) groups excluding carboxylic acids is 2. The van der Waals surface area contributed by atoms with E-state index in [1.54, 1.807) is 20.0 Å². The van der Waals surface area contributed by atoms with Crippen molar-refractivity contribution >= 4 is 33.3 Å². The molecule has 0 saturated carbocycles. The molecule has 164 valence electrons. The summed E-state index contributed by atoms with van der Waals surface area (Å²) in [6.45, 7) is 3.43. The number of ether oxygens (including phenoxy) is 1. The number of benzene rings is 1. The zero-order valence-corrected chi connectivity index (χ0v) is 18.9. The number of amides is 1. The van der Waals surface area contributed by atoms with Gasteiger partial charge in [-0.15, -0.1) is 0 Å². The molecule has 1 heterocycles. The van der Waals surface area contributed by atoms with Gasteiger partial charge >= 0.3 is 5.97 Å². The van der Waals surface area contributed by atoms with Gasteiger partial charge in [0.2, 0.25) is 15.9 Å². The van der Waals surface area contributed by atoms with Crippen molar-refractivity contribution in [3.8, 4) is 0 Å². The number of esters is 1. The highest BCUT2D eigenvalue weighted by molar-refractivity contribution is 7.89. The zero-order chi connectivity index (χ0) is 22.6. The predicted octanol–water partition coefficient (Wildman–Crippen LogP) is 1.84. The van der Waals surface area contributed by atoms with E-state index in [9.17, 15) is 18.0 Å². The number of nitrogens with one attached hydrogen (secondary N) is 1. The lowest BCUT2D eigenvalue weighted by Gasteiger charge is -2.18. The normalized spacial score (nSPS) is 11.4. The Hall–Kier alpha value is -2.85. The number of aryl methyl sites for hydroxylation is 2. The monoisotopic (exact) mass is 436 g/mol. The van der Waals surface area contributed by atoms with Crippen LogP contribution in [0, 0.1) is 6.92 Å². The number of rotatable bonds is 8. The standard InChI is InChI=1S/C20H28N4O5S/c1-7-29-20(26)18-11-16(12-23(18)5)30(27,28)24(6)13-19(25)21-15-9-8-14(2)17(10-15)22(3)4/h8-12H,7,13H2,1-6H3,(H,21,25).